The van der Waals surface area contributed by atoms with Gasteiger partial charge in [-0.2, -0.15) is 0 Å². The van der Waals surface area contributed by atoms with Gasteiger partial charge in [-0.3, -0.25) is 9.59 Å². The summed E-state index contributed by atoms with van der Waals surface area (Å²) in [5.41, 5.74) is 1.95. The van der Waals surface area contributed by atoms with E-state index in [0.717, 1.165) is 62.3 Å². The summed E-state index contributed by atoms with van der Waals surface area (Å²) in [6.45, 7) is 8.08. The van der Waals surface area contributed by atoms with Crippen LogP contribution < -0.4 is 4.90 Å². The first-order valence-corrected chi connectivity index (χ1v) is 11.1. The smallest absolute Gasteiger partial charge is 0.242 e. The molecule has 0 N–H and O–H groups in total. The second-order valence-corrected chi connectivity index (χ2v) is 8.45. The molecule has 2 amide bonds. The molecule has 0 bridgehead atoms. The topological polar surface area (TPSA) is 58.4 Å². The second kappa shape index (κ2) is 10.4. The number of amides is 2. The Kier molecular flexibility index (Phi) is 7.66. The largest absolute Gasteiger partial charge is 0.337 e. The molecule has 1 aromatic heterocycles. The lowest BCUT2D eigenvalue weighted by Crippen LogP contribution is -2.36. The fraction of sp³-hybridized carbons (Fsp3) is 0.542. The van der Waals surface area contributed by atoms with Crippen LogP contribution in [0.4, 0.5) is 5.69 Å². The number of rotatable bonds is 3. The average Bonchev–Trinajstić information content (AvgIpc) is 3.16. The molecule has 0 spiro atoms. The number of hydrogen-bond donors (Lipinski definition) is 0. The van der Waals surface area contributed by atoms with Crippen molar-refractivity contribution >= 4 is 17.5 Å². The molecule has 3 rings (SSSR count). The van der Waals surface area contributed by atoms with Gasteiger partial charge in [0.15, 0.2) is 0 Å². The summed E-state index contributed by atoms with van der Waals surface area (Å²) >= 11 is 0. The van der Waals surface area contributed by atoms with E-state index in [4.69, 9.17) is 0 Å². The van der Waals surface area contributed by atoms with E-state index in [1.807, 2.05) is 44.8 Å². The molecule has 6 heteroatoms. The zero-order valence-electron chi connectivity index (χ0n) is 18.5. The number of para-hydroxylation sites is 1. The van der Waals surface area contributed by atoms with Crippen molar-refractivity contribution in [1.82, 2.24) is 14.5 Å². The molecule has 0 radical (unpaired) electrons. The molecule has 2 aromatic rings. The normalized spacial score (nSPS) is 16.0. The van der Waals surface area contributed by atoms with Crippen LogP contribution in [0.15, 0.2) is 36.7 Å². The summed E-state index contributed by atoms with van der Waals surface area (Å²) in [6.07, 6.45) is 9.00. The fourth-order valence-corrected chi connectivity index (χ4v) is 4.16. The Morgan fingerprint density at radius 3 is 2.47 bits per heavy atom. The van der Waals surface area contributed by atoms with Crippen molar-refractivity contribution in [3.05, 3.63) is 48.0 Å². The van der Waals surface area contributed by atoms with Gasteiger partial charge in [0.05, 0.1) is 0 Å². The zero-order valence-corrected chi connectivity index (χ0v) is 18.5. The van der Waals surface area contributed by atoms with Crippen molar-refractivity contribution in [2.24, 2.45) is 0 Å². The van der Waals surface area contributed by atoms with E-state index in [1.54, 1.807) is 13.1 Å². The maximum absolute atomic E-state index is 13.3. The lowest BCUT2D eigenvalue weighted by atomic mass is 10.1. The molecule has 0 saturated heterocycles. The van der Waals surface area contributed by atoms with Gasteiger partial charge in [-0.15, -0.1) is 0 Å². The van der Waals surface area contributed by atoms with Crippen molar-refractivity contribution in [3.63, 3.8) is 0 Å². The number of aromatic nitrogens is 2. The number of carbonyl (C=O) groups excluding carboxylic acids is 2. The van der Waals surface area contributed by atoms with Gasteiger partial charge in [0, 0.05) is 50.6 Å². The highest BCUT2D eigenvalue weighted by Gasteiger charge is 2.21. The quantitative estimate of drug-likeness (QED) is 0.756. The van der Waals surface area contributed by atoms with Crippen molar-refractivity contribution < 1.29 is 9.59 Å². The molecule has 30 heavy (non-hydrogen) atoms. The van der Waals surface area contributed by atoms with Crippen LogP contribution in [-0.4, -0.2) is 39.4 Å². The number of hydrogen-bond acceptors (Lipinski definition) is 3. The number of fused-ring (bicyclic) bond motifs is 1. The third kappa shape index (κ3) is 5.49. The van der Waals surface area contributed by atoms with Gasteiger partial charge in [-0.25, -0.2) is 4.98 Å². The summed E-state index contributed by atoms with van der Waals surface area (Å²) in [7, 11) is 0. The highest BCUT2D eigenvalue weighted by atomic mass is 16.2. The number of benzene rings is 1. The predicted octanol–water partition coefficient (Wildman–Crippen LogP) is 4.35. The molecule has 0 atom stereocenters. The van der Waals surface area contributed by atoms with E-state index in [0.29, 0.717) is 13.1 Å². The molecular formula is C24H34N4O2. The minimum atomic E-state index is 0.0531. The van der Waals surface area contributed by atoms with Crippen LogP contribution in [0.25, 0.3) is 0 Å². The van der Waals surface area contributed by atoms with E-state index in [1.165, 1.54) is 0 Å². The lowest BCUT2D eigenvalue weighted by Gasteiger charge is -2.29. The van der Waals surface area contributed by atoms with Crippen molar-refractivity contribution in [1.29, 1.82) is 0 Å². The maximum Gasteiger partial charge on any atom is 0.242 e. The van der Waals surface area contributed by atoms with Gasteiger partial charge in [0.1, 0.15) is 12.4 Å². The van der Waals surface area contributed by atoms with E-state index in [9.17, 15) is 9.59 Å². The molecule has 6 nitrogen and oxygen atoms in total. The molecule has 0 unspecified atom stereocenters. The predicted molar refractivity (Wildman–Crippen MR) is 119 cm³/mol. The minimum Gasteiger partial charge on any atom is -0.337 e. The van der Waals surface area contributed by atoms with Crippen LogP contribution >= 0.6 is 0 Å². The molecule has 1 aliphatic heterocycles. The Morgan fingerprint density at radius 2 is 1.73 bits per heavy atom. The summed E-state index contributed by atoms with van der Waals surface area (Å²) in [5, 5.41) is 0. The molecule has 1 aliphatic rings. The first-order chi connectivity index (χ1) is 14.5. The third-order valence-electron chi connectivity index (χ3n) is 5.76. The van der Waals surface area contributed by atoms with Crippen LogP contribution in [-0.2, 0) is 22.7 Å². The van der Waals surface area contributed by atoms with Crippen molar-refractivity contribution in [2.45, 2.75) is 71.9 Å². The Hall–Kier alpha value is -2.63. The lowest BCUT2D eigenvalue weighted by molar-refractivity contribution is -0.132. The van der Waals surface area contributed by atoms with Gasteiger partial charge in [0.25, 0.3) is 0 Å². The van der Waals surface area contributed by atoms with Gasteiger partial charge in [-0.1, -0.05) is 51.3 Å². The van der Waals surface area contributed by atoms with Crippen LogP contribution in [0.1, 0.15) is 70.2 Å². The molecular weight excluding hydrogens is 376 g/mol. The Balaban J connectivity index is 1.86. The summed E-state index contributed by atoms with van der Waals surface area (Å²) in [4.78, 5) is 33.8. The first-order valence-electron chi connectivity index (χ1n) is 11.1. The maximum atomic E-state index is 13.3. The number of imidazole rings is 1. The van der Waals surface area contributed by atoms with Crippen LogP contribution in [0, 0.1) is 0 Å². The third-order valence-corrected chi connectivity index (χ3v) is 5.76. The molecule has 2 heterocycles. The Labute approximate surface area is 179 Å². The molecule has 0 saturated carbocycles. The van der Waals surface area contributed by atoms with Crippen LogP contribution in [0.5, 0.6) is 0 Å². The van der Waals surface area contributed by atoms with E-state index in [-0.39, 0.29) is 17.7 Å². The highest BCUT2D eigenvalue weighted by molar-refractivity contribution is 5.92. The monoisotopic (exact) mass is 410 g/mol. The molecule has 1 aromatic carbocycles. The molecule has 0 fully saturated rings. The first kappa shape index (κ1) is 22.1. The van der Waals surface area contributed by atoms with E-state index >= 15 is 0 Å². The van der Waals surface area contributed by atoms with Gasteiger partial charge < -0.3 is 14.4 Å². The second-order valence-electron chi connectivity index (χ2n) is 8.45. The standard InChI is InChI=1S/C24H34N4O2/c1-19(2)24-25-13-16-27(24)18-23(30)26-14-9-5-4-6-10-15-28(20(3)29)22-12-8-7-11-21(22)17-26/h7-8,11-13,16,19H,4-6,9-10,14-15,17-18H2,1-3H3. The van der Waals surface area contributed by atoms with Crippen LogP contribution in [0.2, 0.25) is 0 Å². The van der Waals surface area contributed by atoms with Gasteiger partial charge >= 0.3 is 0 Å². The fourth-order valence-electron chi connectivity index (χ4n) is 4.16. The van der Waals surface area contributed by atoms with Crippen molar-refractivity contribution in [2.75, 3.05) is 18.0 Å². The molecule has 0 aliphatic carbocycles. The van der Waals surface area contributed by atoms with E-state index < -0.39 is 0 Å². The Morgan fingerprint density at radius 1 is 1.03 bits per heavy atom. The number of carbonyl (C=O) groups is 2. The SMILES string of the molecule is CC(=O)N1CCCCCCCN(C(=O)Cn2ccnc2C(C)C)Cc2ccccc21. The summed E-state index contributed by atoms with van der Waals surface area (Å²) in [6, 6.07) is 7.98. The van der Waals surface area contributed by atoms with Gasteiger partial charge in [-0.05, 0) is 24.5 Å². The number of anilines is 1. The molecule has 162 valence electrons. The van der Waals surface area contributed by atoms with E-state index in [2.05, 4.69) is 18.8 Å². The average molecular weight is 411 g/mol. The summed E-state index contributed by atoms with van der Waals surface area (Å²) < 4.78 is 1.96. The van der Waals surface area contributed by atoms with Crippen molar-refractivity contribution in [3.8, 4) is 0 Å². The Bertz CT molecular complexity index is 858. The zero-order chi connectivity index (χ0) is 21.5. The van der Waals surface area contributed by atoms with Gasteiger partial charge in [0.2, 0.25) is 11.8 Å². The summed E-state index contributed by atoms with van der Waals surface area (Å²) in [5.74, 6) is 1.35. The highest BCUT2D eigenvalue weighted by Crippen LogP contribution is 2.24. The van der Waals surface area contributed by atoms with Crippen LogP contribution in [0.3, 0.4) is 0 Å². The minimum absolute atomic E-state index is 0.0531. The number of nitrogens with zero attached hydrogens (tertiary/aromatic N) is 4.